The molecule has 0 aromatic heterocycles. The van der Waals surface area contributed by atoms with Gasteiger partial charge in [0.1, 0.15) is 0 Å². The first kappa shape index (κ1) is 15.4. The molecule has 1 fully saturated rings. The van der Waals surface area contributed by atoms with Crippen molar-refractivity contribution >= 4 is 11.6 Å². The third-order valence-corrected chi connectivity index (χ3v) is 4.49. The van der Waals surface area contributed by atoms with E-state index in [1.807, 2.05) is 7.05 Å². The second kappa shape index (κ2) is 5.81. The lowest BCUT2D eigenvalue weighted by Crippen LogP contribution is -2.51. The van der Waals surface area contributed by atoms with Crippen LogP contribution < -0.4 is 5.32 Å². The Bertz CT molecular complexity index is 563. The van der Waals surface area contributed by atoms with Crippen molar-refractivity contribution in [2.75, 3.05) is 20.1 Å². The molecule has 1 heterocycles. The highest BCUT2D eigenvalue weighted by Crippen LogP contribution is 2.26. The van der Waals surface area contributed by atoms with E-state index in [1.165, 1.54) is 6.07 Å². The number of amides is 1. The normalized spacial score (nSPS) is 17.6. The van der Waals surface area contributed by atoms with Crippen LogP contribution in [0.1, 0.15) is 35.7 Å². The first-order valence-corrected chi connectivity index (χ1v) is 7.10. The maximum absolute atomic E-state index is 12.6. The predicted octanol–water partition coefficient (Wildman–Crippen LogP) is 2.12. The van der Waals surface area contributed by atoms with E-state index in [2.05, 4.69) is 12.2 Å². The number of carbonyl (C=O) groups is 1. The summed E-state index contributed by atoms with van der Waals surface area (Å²) in [5.74, 6) is -0.116. The second-order valence-electron chi connectivity index (χ2n) is 5.81. The summed E-state index contributed by atoms with van der Waals surface area (Å²) < 4.78 is 0. The molecule has 114 valence electrons. The molecular formula is C15H21N3O3. The number of hydrogen-bond acceptors (Lipinski definition) is 4. The monoisotopic (exact) mass is 291 g/mol. The van der Waals surface area contributed by atoms with Crippen molar-refractivity contribution in [2.45, 2.75) is 32.2 Å². The molecule has 1 aromatic carbocycles. The molecule has 1 aliphatic rings. The van der Waals surface area contributed by atoms with Crippen LogP contribution in [0.2, 0.25) is 0 Å². The quantitative estimate of drug-likeness (QED) is 0.683. The van der Waals surface area contributed by atoms with Gasteiger partial charge in [-0.15, -0.1) is 0 Å². The molecule has 2 rings (SSSR count). The van der Waals surface area contributed by atoms with Crippen LogP contribution in [0.15, 0.2) is 18.2 Å². The van der Waals surface area contributed by atoms with Crippen molar-refractivity contribution in [3.63, 3.8) is 0 Å². The van der Waals surface area contributed by atoms with Gasteiger partial charge in [0.15, 0.2) is 0 Å². The van der Waals surface area contributed by atoms with Crippen molar-refractivity contribution < 1.29 is 9.72 Å². The average molecular weight is 291 g/mol. The van der Waals surface area contributed by atoms with Crippen LogP contribution in [-0.2, 0) is 0 Å². The predicted molar refractivity (Wildman–Crippen MR) is 80.4 cm³/mol. The Balaban J connectivity index is 2.19. The van der Waals surface area contributed by atoms with Crippen LogP contribution in [-0.4, -0.2) is 41.4 Å². The maximum atomic E-state index is 12.6. The van der Waals surface area contributed by atoms with E-state index in [0.29, 0.717) is 24.2 Å². The summed E-state index contributed by atoms with van der Waals surface area (Å²) in [5.41, 5.74) is 0.929. The molecule has 6 heteroatoms. The number of nitro benzene ring substituents is 1. The number of nitro groups is 1. The van der Waals surface area contributed by atoms with Crippen LogP contribution >= 0.6 is 0 Å². The smallest absolute Gasteiger partial charge is 0.273 e. The minimum atomic E-state index is -0.444. The molecule has 1 saturated heterocycles. The van der Waals surface area contributed by atoms with Gasteiger partial charge in [-0.1, -0.05) is 6.07 Å². The Morgan fingerprint density at radius 2 is 2.00 bits per heavy atom. The number of carbonyl (C=O) groups excluding carboxylic acids is 1. The summed E-state index contributed by atoms with van der Waals surface area (Å²) in [6.07, 6.45) is 1.76. The molecule has 6 nitrogen and oxygen atoms in total. The van der Waals surface area contributed by atoms with Crippen molar-refractivity contribution in [3.8, 4) is 0 Å². The molecule has 21 heavy (non-hydrogen) atoms. The summed E-state index contributed by atoms with van der Waals surface area (Å²) in [5, 5.41) is 14.3. The number of hydrogen-bond donors (Lipinski definition) is 1. The molecule has 0 radical (unpaired) electrons. The molecule has 0 atom stereocenters. The Morgan fingerprint density at radius 1 is 1.38 bits per heavy atom. The zero-order chi connectivity index (χ0) is 15.6. The highest BCUT2D eigenvalue weighted by atomic mass is 16.6. The third kappa shape index (κ3) is 3.05. The molecule has 0 aliphatic carbocycles. The number of piperidine rings is 1. The summed E-state index contributed by atoms with van der Waals surface area (Å²) >= 11 is 0. The molecule has 0 saturated carbocycles. The summed E-state index contributed by atoms with van der Waals surface area (Å²) in [6, 6.07) is 4.66. The summed E-state index contributed by atoms with van der Waals surface area (Å²) in [4.78, 5) is 24.9. The molecule has 1 aliphatic heterocycles. The molecule has 0 unspecified atom stereocenters. The Morgan fingerprint density at radius 3 is 2.52 bits per heavy atom. The van der Waals surface area contributed by atoms with Gasteiger partial charge in [-0.25, -0.2) is 0 Å². The fourth-order valence-electron chi connectivity index (χ4n) is 2.68. The average Bonchev–Trinajstić information content (AvgIpc) is 2.47. The van der Waals surface area contributed by atoms with Crippen LogP contribution in [0.4, 0.5) is 5.69 Å². The number of rotatable bonds is 3. The number of nitrogens with zero attached hydrogens (tertiary/aromatic N) is 2. The summed E-state index contributed by atoms with van der Waals surface area (Å²) in [6.45, 7) is 5.11. The van der Waals surface area contributed by atoms with Gasteiger partial charge in [0, 0.05) is 35.8 Å². The largest absolute Gasteiger partial charge is 0.338 e. The zero-order valence-corrected chi connectivity index (χ0v) is 12.7. The van der Waals surface area contributed by atoms with E-state index in [4.69, 9.17) is 0 Å². The molecular weight excluding hydrogens is 270 g/mol. The minimum Gasteiger partial charge on any atom is -0.338 e. The van der Waals surface area contributed by atoms with Gasteiger partial charge < -0.3 is 10.2 Å². The van der Waals surface area contributed by atoms with Crippen molar-refractivity contribution in [1.82, 2.24) is 10.2 Å². The van der Waals surface area contributed by atoms with Gasteiger partial charge in [-0.05, 0) is 39.8 Å². The topological polar surface area (TPSA) is 75.5 Å². The molecule has 0 bridgehead atoms. The maximum Gasteiger partial charge on any atom is 0.273 e. The second-order valence-corrected chi connectivity index (χ2v) is 5.81. The van der Waals surface area contributed by atoms with E-state index < -0.39 is 4.92 Å². The Kier molecular flexibility index (Phi) is 4.27. The van der Waals surface area contributed by atoms with Gasteiger partial charge >= 0.3 is 0 Å². The molecule has 1 N–H and O–H groups in total. The molecule has 0 spiro atoms. The van der Waals surface area contributed by atoms with Gasteiger partial charge in [-0.2, -0.15) is 0 Å². The number of benzene rings is 1. The lowest BCUT2D eigenvalue weighted by molar-refractivity contribution is -0.385. The van der Waals surface area contributed by atoms with Crippen LogP contribution in [0, 0.1) is 17.0 Å². The Labute approximate surface area is 124 Å². The Hall–Kier alpha value is -1.95. The number of nitrogens with one attached hydrogen (secondary N) is 1. The molecule has 1 aromatic rings. The fraction of sp³-hybridized carbons (Fsp3) is 0.533. The van der Waals surface area contributed by atoms with Crippen molar-refractivity contribution in [2.24, 2.45) is 0 Å². The fourth-order valence-corrected chi connectivity index (χ4v) is 2.68. The standard InChI is InChI=1S/C15H21N3O3/c1-11-12(5-4-6-13(11)18(20)21)14(19)17-9-7-15(2,16-3)8-10-17/h4-6,16H,7-10H2,1-3H3. The first-order chi connectivity index (χ1) is 9.88. The van der Waals surface area contributed by atoms with E-state index in [0.717, 1.165) is 12.8 Å². The van der Waals surface area contributed by atoms with Crippen LogP contribution in [0.25, 0.3) is 0 Å². The van der Waals surface area contributed by atoms with E-state index in [-0.39, 0.29) is 17.1 Å². The van der Waals surface area contributed by atoms with E-state index in [1.54, 1.807) is 24.0 Å². The molecule has 1 amide bonds. The first-order valence-electron chi connectivity index (χ1n) is 7.10. The summed E-state index contributed by atoms with van der Waals surface area (Å²) in [7, 11) is 1.93. The van der Waals surface area contributed by atoms with Gasteiger partial charge in [0.25, 0.3) is 11.6 Å². The SMILES string of the molecule is CNC1(C)CCN(C(=O)c2cccc([N+](=O)[O-])c2C)CC1. The highest BCUT2D eigenvalue weighted by Gasteiger charge is 2.31. The third-order valence-electron chi connectivity index (χ3n) is 4.49. The van der Waals surface area contributed by atoms with Crippen molar-refractivity contribution in [3.05, 3.63) is 39.4 Å². The zero-order valence-electron chi connectivity index (χ0n) is 12.7. The highest BCUT2D eigenvalue weighted by molar-refractivity contribution is 5.96. The van der Waals surface area contributed by atoms with Gasteiger partial charge in [0.2, 0.25) is 0 Å². The lowest BCUT2D eigenvalue weighted by Gasteiger charge is -2.39. The van der Waals surface area contributed by atoms with Gasteiger partial charge in [-0.3, -0.25) is 14.9 Å². The van der Waals surface area contributed by atoms with Crippen LogP contribution in [0.5, 0.6) is 0 Å². The van der Waals surface area contributed by atoms with Gasteiger partial charge in [0.05, 0.1) is 4.92 Å². The van der Waals surface area contributed by atoms with E-state index >= 15 is 0 Å². The minimum absolute atomic E-state index is 0.00192. The lowest BCUT2D eigenvalue weighted by atomic mass is 9.89. The van der Waals surface area contributed by atoms with Crippen LogP contribution in [0.3, 0.4) is 0 Å². The van der Waals surface area contributed by atoms with E-state index in [9.17, 15) is 14.9 Å². The van der Waals surface area contributed by atoms with Crippen molar-refractivity contribution in [1.29, 1.82) is 0 Å². The number of likely N-dealkylation sites (tertiary alicyclic amines) is 1.